The Labute approximate surface area is 112 Å². The third-order valence-corrected chi connectivity index (χ3v) is 4.50. The van der Waals surface area contributed by atoms with E-state index in [4.69, 9.17) is 4.74 Å². The van der Waals surface area contributed by atoms with Crippen molar-refractivity contribution in [3.8, 4) is 0 Å². The van der Waals surface area contributed by atoms with E-state index < -0.39 is 0 Å². The first kappa shape index (κ1) is 13.3. The number of carbonyl (C=O) groups excluding carboxylic acids is 1. The molecule has 1 atom stereocenters. The molecule has 0 saturated carbocycles. The topological polar surface area (TPSA) is 42.4 Å². The Hall–Kier alpha value is -1.10. The van der Waals surface area contributed by atoms with Crippen LogP contribution in [0, 0.1) is 0 Å². The maximum absolute atomic E-state index is 11.9. The van der Waals surface area contributed by atoms with Crippen LogP contribution in [0.2, 0.25) is 0 Å². The largest absolute Gasteiger partial charge is 0.465 e. The third-order valence-electron chi connectivity index (χ3n) is 3.31. The zero-order valence-corrected chi connectivity index (χ0v) is 12.0. The maximum atomic E-state index is 11.9. The number of hydrogen-bond acceptors (Lipinski definition) is 5. The van der Waals surface area contributed by atoms with E-state index in [2.05, 4.69) is 23.7 Å². The zero-order valence-electron chi connectivity index (χ0n) is 11.2. The minimum absolute atomic E-state index is 0.118. The summed E-state index contributed by atoms with van der Waals surface area (Å²) in [6.45, 7) is 8.44. The van der Waals surface area contributed by atoms with Gasteiger partial charge in [0.2, 0.25) is 0 Å². The van der Waals surface area contributed by atoms with Gasteiger partial charge >= 0.3 is 5.97 Å². The predicted molar refractivity (Wildman–Crippen MR) is 73.4 cm³/mol. The molecule has 1 aliphatic carbocycles. The Morgan fingerprint density at radius 1 is 1.44 bits per heavy atom. The summed E-state index contributed by atoms with van der Waals surface area (Å²) in [6, 6.07) is 0. The summed E-state index contributed by atoms with van der Waals surface area (Å²) in [4.78, 5) is 20.0. The van der Waals surface area contributed by atoms with Crippen LogP contribution >= 0.6 is 11.3 Å². The quantitative estimate of drug-likeness (QED) is 0.770. The normalized spacial score (nSPS) is 17.6. The maximum Gasteiger partial charge on any atom is 0.315 e. The van der Waals surface area contributed by atoms with Gasteiger partial charge in [-0.3, -0.25) is 4.79 Å². The number of anilines is 1. The third kappa shape index (κ3) is 2.36. The Bertz CT molecular complexity index is 427. The number of rotatable bonds is 5. The van der Waals surface area contributed by atoms with Crippen LogP contribution in [0.4, 0.5) is 5.13 Å². The van der Waals surface area contributed by atoms with E-state index in [0.717, 1.165) is 36.8 Å². The van der Waals surface area contributed by atoms with Gasteiger partial charge in [0, 0.05) is 18.0 Å². The van der Waals surface area contributed by atoms with Crippen molar-refractivity contribution in [1.29, 1.82) is 0 Å². The van der Waals surface area contributed by atoms with Crippen LogP contribution in [0.1, 0.15) is 43.7 Å². The van der Waals surface area contributed by atoms with Crippen molar-refractivity contribution in [2.75, 3.05) is 24.6 Å². The molecule has 2 rings (SSSR count). The monoisotopic (exact) mass is 268 g/mol. The van der Waals surface area contributed by atoms with Crippen LogP contribution in [0.3, 0.4) is 0 Å². The molecule has 1 aliphatic rings. The van der Waals surface area contributed by atoms with Crippen molar-refractivity contribution >= 4 is 22.4 Å². The van der Waals surface area contributed by atoms with Crippen molar-refractivity contribution in [2.45, 2.75) is 39.5 Å². The molecule has 0 radical (unpaired) electrons. The number of carbonyl (C=O) groups is 1. The number of esters is 1. The Balaban J connectivity index is 2.20. The molecule has 0 amide bonds. The summed E-state index contributed by atoms with van der Waals surface area (Å²) in [5, 5.41) is 1.04. The molecule has 4 nitrogen and oxygen atoms in total. The Kier molecular flexibility index (Phi) is 4.22. The molecule has 18 heavy (non-hydrogen) atoms. The summed E-state index contributed by atoms with van der Waals surface area (Å²) >= 11 is 1.73. The van der Waals surface area contributed by atoms with Crippen molar-refractivity contribution in [2.24, 2.45) is 0 Å². The average molecular weight is 268 g/mol. The molecule has 1 unspecified atom stereocenters. The number of ether oxygens (including phenoxy) is 1. The minimum atomic E-state index is -0.138. The van der Waals surface area contributed by atoms with Gasteiger partial charge in [-0.25, -0.2) is 4.98 Å². The summed E-state index contributed by atoms with van der Waals surface area (Å²) in [7, 11) is 0. The van der Waals surface area contributed by atoms with Crippen LogP contribution in [-0.4, -0.2) is 30.6 Å². The number of aryl methyl sites for hydroxylation is 1. The molecule has 5 heteroatoms. The molecule has 0 aromatic carbocycles. The van der Waals surface area contributed by atoms with Crippen LogP contribution in [0.15, 0.2) is 0 Å². The summed E-state index contributed by atoms with van der Waals surface area (Å²) in [5.41, 5.74) is 0.959. The lowest BCUT2D eigenvalue weighted by Gasteiger charge is -2.17. The second-order valence-electron chi connectivity index (χ2n) is 4.32. The number of thiazole rings is 1. The Morgan fingerprint density at radius 3 is 2.78 bits per heavy atom. The fraction of sp³-hybridized carbons (Fsp3) is 0.692. The number of nitrogens with zero attached hydrogens (tertiary/aromatic N) is 2. The van der Waals surface area contributed by atoms with Gasteiger partial charge in [0.25, 0.3) is 0 Å². The first-order chi connectivity index (χ1) is 8.71. The van der Waals surface area contributed by atoms with E-state index in [-0.39, 0.29) is 11.9 Å². The van der Waals surface area contributed by atoms with Crippen LogP contribution in [-0.2, 0) is 16.0 Å². The second-order valence-corrected chi connectivity index (χ2v) is 5.38. The smallest absolute Gasteiger partial charge is 0.315 e. The highest BCUT2D eigenvalue weighted by molar-refractivity contribution is 7.15. The van der Waals surface area contributed by atoms with Gasteiger partial charge in [0.05, 0.1) is 12.3 Å². The molecule has 0 saturated heterocycles. The van der Waals surface area contributed by atoms with Crippen LogP contribution in [0.5, 0.6) is 0 Å². The highest BCUT2D eigenvalue weighted by Crippen LogP contribution is 2.39. The SMILES string of the molecule is CCOC(=O)C1CCc2sc(N(CC)CC)nc21. The lowest BCUT2D eigenvalue weighted by Crippen LogP contribution is -2.22. The zero-order chi connectivity index (χ0) is 13.1. The van der Waals surface area contributed by atoms with E-state index in [9.17, 15) is 4.79 Å². The molecular weight excluding hydrogens is 248 g/mol. The molecular formula is C13H20N2O2S. The molecule has 0 N–H and O–H groups in total. The summed E-state index contributed by atoms with van der Waals surface area (Å²) < 4.78 is 5.12. The van der Waals surface area contributed by atoms with E-state index in [1.165, 1.54) is 4.88 Å². The highest BCUT2D eigenvalue weighted by Gasteiger charge is 2.34. The van der Waals surface area contributed by atoms with Gasteiger partial charge in [-0.05, 0) is 33.6 Å². The average Bonchev–Trinajstić information content (AvgIpc) is 2.90. The molecule has 1 aromatic rings. The standard InChI is InChI=1S/C13H20N2O2S/c1-4-15(5-2)13-14-11-9(12(16)17-6-3)7-8-10(11)18-13/h9H,4-8H2,1-3H3. The molecule has 1 aromatic heterocycles. The van der Waals surface area contributed by atoms with E-state index in [0.29, 0.717) is 6.61 Å². The Morgan fingerprint density at radius 2 is 2.17 bits per heavy atom. The number of fused-ring (bicyclic) bond motifs is 1. The van der Waals surface area contributed by atoms with E-state index in [1.54, 1.807) is 11.3 Å². The molecule has 100 valence electrons. The molecule has 0 bridgehead atoms. The van der Waals surface area contributed by atoms with E-state index >= 15 is 0 Å². The first-order valence-electron chi connectivity index (χ1n) is 6.62. The van der Waals surface area contributed by atoms with Gasteiger partial charge < -0.3 is 9.64 Å². The lowest BCUT2D eigenvalue weighted by atomic mass is 10.1. The van der Waals surface area contributed by atoms with Gasteiger partial charge in [0.1, 0.15) is 5.92 Å². The lowest BCUT2D eigenvalue weighted by molar-refractivity contribution is -0.145. The molecule has 1 heterocycles. The second kappa shape index (κ2) is 5.69. The van der Waals surface area contributed by atoms with Gasteiger partial charge in [-0.1, -0.05) is 0 Å². The first-order valence-corrected chi connectivity index (χ1v) is 7.44. The summed E-state index contributed by atoms with van der Waals surface area (Å²) in [6.07, 6.45) is 1.81. The van der Waals surface area contributed by atoms with Crippen molar-refractivity contribution in [1.82, 2.24) is 4.98 Å². The summed E-state index contributed by atoms with van der Waals surface area (Å²) in [5.74, 6) is -0.256. The van der Waals surface area contributed by atoms with Gasteiger partial charge in [-0.2, -0.15) is 0 Å². The van der Waals surface area contributed by atoms with E-state index in [1.807, 2.05) is 6.92 Å². The van der Waals surface area contributed by atoms with Crippen molar-refractivity contribution in [3.05, 3.63) is 10.6 Å². The molecule has 0 spiro atoms. The fourth-order valence-electron chi connectivity index (χ4n) is 2.32. The number of aromatic nitrogens is 1. The van der Waals surface area contributed by atoms with Crippen LogP contribution < -0.4 is 4.90 Å². The van der Waals surface area contributed by atoms with Gasteiger partial charge in [-0.15, -0.1) is 11.3 Å². The van der Waals surface area contributed by atoms with Gasteiger partial charge in [0.15, 0.2) is 5.13 Å². The fourth-order valence-corrected chi connectivity index (χ4v) is 3.58. The molecule has 0 fully saturated rings. The molecule has 0 aliphatic heterocycles. The number of hydrogen-bond donors (Lipinski definition) is 0. The van der Waals surface area contributed by atoms with Crippen molar-refractivity contribution in [3.63, 3.8) is 0 Å². The highest BCUT2D eigenvalue weighted by atomic mass is 32.1. The predicted octanol–water partition coefficient (Wildman–Crippen LogP) is 2.58. The minimum Gasteiger partial charge on any atom is -0.465 e. The van der Waals surface area contributed by atoms with Crippen LogP contribution in [0.25, 0.3) is 0 Å². The van der Waals surface area contributed by atoms with Crippen molar-refractivity contribution < 1.29 is 9.53 Å².